The number of aromatic nitrogens is 2. The third-order valence-electron chi connectivity index (χ3n) is 4.72. The van der Waals surface area contributed by atoms with Gasteiger partial charge in [0.15, 0.2) is 17.2 Å². The van der Waals surface area contributed by atoms with E-state index in [-0.39, 0.29) is 11.4 Å². The molecule has 0 radical (unpaired) electrons. The van der Waals surface area contributed by atoms with Crippen molar-refractivity contribution >= 4 is 28.9 Å². The standard InChI is InChI=1S/C24H20N4O4/c1-15-12-20(27-26-15)23(29)28-25-14-16-10-11-21(22(13-16)31-2)32-24(30)19-9-5-7-17-6-3-4-8-18(17)19/h3-14H,1-2H3,(H,26,27)(H,28,29). The Labute approximate surface area is 183 Å². The van der Waals surface area contributed by atoms with Crippen LogP contribution in [-0.2, 0) is 0 Å². The van der Waals surface area contributed by atoms with Crippen LogP contribution in [0.4, 0.5) is 0 Å². The van der Waals surface area contributed by atoms with Gasteiger partial charge in [-0.15, -0.1) is 0 Å². The molecule has 2 N–H and O–H groups in total. The molecular formula is C24H20N4O4. The number of carbonyl (C=O) groups excluding carboxylic acids is 2. The molecule has 3 aromatic carbocycles. The fourth-order valence-electron chi connectivity index (χ4n) is 3.16. The smallest absolute Gasteiger partial charge is 0.344 e. The van der Waals surface area contributed by atoms with Gasteiger partial charge in [-0.25, -0.2) is 10.2 Å². The van der Waals surface area contributed by atoms with Crippen molar-refractivity contribution in [1.82, 2.24) is 15.6 Å². The number of esters is 1. The molecule has 0 aliphatic heterocycles. The minimum Gasteiger partial charge on any atom is -0.493 e. The molecule has 4 rings (SSSR count). The van der Waals surface area contributed by atoms with Crippen molar-refractivity contribution in [3.8, 4) is 11.5 Å². The molecule has 0 spiro atoms. The minimum absolute atomic E-state index is 0.243. The third-order valence-corrected chi connectivity index (χ3v) is 4.72. The van der Waals surface area contributed by atoms with Crippen molar-refractivity contribution < 1.29 is 19.1 Å². The minimum atomic E-state index is -0.483. The molecule has 1 heterocycles. The molecule has 8 nitrogen and oxygen atoms in total. The molecule has 0 aliphatic rings. The Kier molecular flexibility index (Phi) is 5.94. The summed E-state index contributed by atoms with van der Waals surface area (Å²) in [5.41, 5.74) is 4.53. The van der Waals surface area contributed by atoms with Crippen LogP contribution in [0.25, 0.3) is 10.8 Å². The van der Waals surface area contributed by atoms with E-state index in [2.05, 4.69) is 20.7 Å². The number of amides is 1. The second-order valence-electron chi connectivity index (χ2n) is 6.96. The molecule has 0 bridgehead atoms. The van der Waals surface area contributed by atoms with E-state index in [9.17, 15) is 9.59 Å². The Morgan fingerprint density at radius 2 is 1.84 bits per heavy atom. The van der Waals surface area contributed by atoms with E-state index in [0.29, 0.717) is 16.9 Å². The molecule has 0 saturated heterocycles. The van der Waals surface area contributed by atoms with Gasteiger partial charge in [0, 0.05) is 5.69 Å². The predicted molar refractivity (Wildman–Crippen MR) is 120 cm³/mol. The highest BCUT2D eigenvalue weighted by atomic mass is 16.6. The van der Waals surface area contributed by atoms with Gasteiger partial charge in [0.1, 0.15) is 0 Å². The molecule has 1 amide bonds. The summed E-state index contributed by atoms with van der Waals surface area (Å²) in [5.74, 6) is -0.281. The van der Waals surface area contributed by atoms with Crippen molar-refractivity contribution in [2.45, 2.75) is 6.92 Å². The maximum absolute atomic E-state index is 12.8. The Bertz CT molecular complexity index is 1320. The largest absolute Gasteiger partial charge is 0.493 e. The van der Waals surface area contributed by atoms with Crippen molar-refractivity contribution in [2.24, 2.45) is 5.10 Å². The first kappa shape index (κ1) is 20.8. The van der Waals surface area contributed by atoms with Gasteiger partial charge in [0.05, 0.1) is 18.9 Å². The summed E-state index contributed by atoms with van der Waals surface area (Å²) < 4.78 is 11.0. The molecular weight excluding hydrogens is 408 g/mol. The molecule has 160 valence electrons. The number of carbonyl (C=O) groups is 2. The molecule has 8 heteroatoms. The molecule has 1 aromatic heterocycles. The fraction of sp³-hybridized carbons (Fsp3) is 0.0833. The van der Waals surface area contributed by atoms with Crippen LogP contribution < -0.4 is 14.9 Å². The number of methoxy groups -OCH3 is 1. The average molecular weight is 428 g/mol. The zero-order valence-corrected chi connectivity index (χ0v) is 17.5. The number of fused-ring (bicyclic) bond motifs is 1. The third kappa shape index (κ3) is 4.49. The van der Waals surface area contributed by atoms with Gasteiger partial charge < -0.3 is 9.47 Å². The summed E-state index contributed by atoms with van der Waals surface area (Å²) in [5, 5.41) is 12.3. The van der Waals surface area contributed by atoms with E-state index in [0.717, 1.165) is 16.5 Å². The van der Waals surface area contributed by atoms with Crippen LogP contribution in [0.2, 0.25) is 0 Å². The molecule has 4 aromatic rings. The van der Waals surface area contributed by atoms with Crippen molar-refractivity contribution in [3.05, 3.63) is 89.2 Å². The number of ether oxygens (including phenoxy) is 2. The number of hydrazone groups is 1. The zero-order valence-electron chi connectivity index (χ0n) is 17.5. The van der Waals surface area contributed by atoms with Crippen LogP contribution >= 0.6 is 0 Å². The number of nitrogens with one attached hydrogen (secondary N) is 2. The van der Waals surface area contributed by atoms with E-state index in [1.54, 1.807) is 37.3 Å². The summed E-state index contributed by atoms with van der Waals surface area (Å²) in [6.45, 7) is 1.80. The lowest BCUT2D eigenvalue weighted by molar-refractivity contribution is 0.0731. The lowest BCUT2D eigenvalue weighted by Gasteiger charge is -2.11. The number of benzene rings is 3. The highest BCUT2D eigenvalue weighted by molar-refractivity contribution is 6.05. The predicted octanol–water partition coefficient (Wildman–Crippen LogP) is 3.86. The van der Waals surface area contributed by atoms with Crippen molar-refractivity contribution in [1.29, 1.82) is 0 Å². The Morgan fingerprint density at radius 3 is 2.62 bits per heavy atom. The van der Waals surface area contributed by atoms with Gasteiger partial charge in [-0.2, -0.15) is 10.2 Å². The number of aryl methyl sites for hydroxylation is 1. The quantitative estimate of drug-likeness (QED) is 0.210. The van der Waals surface area contributed by atoms with E-state index in [4.69, 9.17) is 9.47 Å². The lowest BCUT2D eigenvalue weighted by Crippen LogP contribution is -2.18. The topological polar surface area (TPSA) is 106 Å². The Hall–Kier alpha value is -4.46. The van der Waals surface area contributed by atoms with E-state index < -0.39 is 11.9 Å². The maximum atomic E-state index is 12.8. The van der Waals surface area contributed by atoms with Gasteiger partial charge in [0.25, 0.3) is 5.91 Å². The van der Waals surface area contributed by atoms with Crippen LogP contribution in [0.15, 0.2) is 71.8 Å². The van der Waals surface area contributed by atoms with Gasteiger partial charge in [-0.3, -0.25) is 9.89 Å². The van der Waals surface area contributed by atoms with Crippen LogP contribution in [0.5, 0.6) is 11.5 Å². The highest BCUT2D eigenvalue weighted by Gasteiger charge is 2.15. The first-order valence-electron chi connectivity index (χ1n) is 9.78. The SMILES string of the molecule is COc1cc(C=NNC(=O)c2cc(C)[nH]n2)ccc1OC(=O)c1cccc2ccccc12. The number of rotatable bonds is 6. The zero-order chi connectivity index (χ0) is 22.5. The first-order chi connectivity index (χ1) is 15.5. The fourth-order valence-corrected chi connectivity index (χ4v) is 3.16. The number of H-pyrrole nitrogens is 1. The number of hydrogen-bond donors (Lipinski definition) is 2. The van der Waals surface area contributed by atoms with Crippen LogP contribution in [0, 0.1) is 6.92 Å². The van der Waals surface area contributed by atoms with Crippen LogP contribution in [-0.4, -0.2) is 35.4 Å². The van der Waals surface area contributed by atoms with Crippen molar-refractivity contribution in [3.63, 3.8) is 0 Å². The molecule has 0 aliphatic carbocycles. The molecule has 0 unspecified atom stereocenters. The van der Waals surface area contributed by atoms with Gasteiger partial charge in [0.2, 0.25) is 0 Å². The second-order valence-corrected chi connectivity index (χ2v) is 6.96. The lowest BCUT2D eigenvalue weighted by atomic mass is 10.0. The highest BCUT2D eigenvalue weighted by Crippen LogP contribution is 2.29. The molecule has 0 fully saturated rings. The van der Waals surface area contributed by atoms with E-state index in [1.165, 1.54) is 13.3 Å². The Balaban J connectivity index is 1.48. The molecule has 0 saturated carbocycles. The summed E-state index contributed by atoms with van der Waals surface area (Å²) in [7, 11) is 1.48. The molecule has 0 atom stereocenters. The normalized spacial score (nSPS) is 10.9. The van der Waals surface area contributed by atoms with Crippen LogP contribution in [0.3, 0.4) is 0 Å². The maximum Gasteiger partial charge on any atom is 0.344 e. The van der Waals surface area contributed by atoms with E-state index >= 15 is 0 Å². The van der Waals surface area contributed by atoms with Crippen LogP contribution in [0.1, 0.15) is 32.1 Å². The molecule has 32 heavy (non-hydrogen) atoms. The summed E-state index contributed by atoms with van der Waals surface area (Å²) in [4.78, 5) is 24.8. The van der Waals surface area contributed by atoms with E-state index in [1.807, 2.05) is 36.4 Å². The number of hydrogen-bond acceptors (Lipinski definition) is 6. The Morgan fingerprint density at radius 1 is 1.03 bits per heavy atom. The number of nitrogens with zero attached hydrogens (tertiary/aromatic N) is 2. The summed E-state index contributed by atoms with van der Waals surface area (Å²) in [6.07, 6.45) is 1.45. The number of aromatic amines is 1. The average Bonchev–Trinajstić information content (AvgIpc) is 3.25. The van der Waals surface area contributed by atoms with Gasteiger partial charge in [-0.05, 0) is 53.6 Å². The first-order valence-corrected chi connectivity index (χ1v) is 9.78. The van der Waals surface area contributed by atoms with Gasteiger partial charge in [-0.1, -0.05) is 36.4 Å². The second kappa shape index (κ2) is 9.13. The monoisotopic (exact) mass is 428 g/mol. The van der Waals surface area contributed by atoms with Crippen molar-refractivity contribution in [2.75, 3.05) is 7.11 Å². The van der Waals surface area contributed by atoms with Gasteiger partial charge >= 0.3 is 5.97 Å². The summed E-state index contributed by atoms with van der Waals surface area (Å²) in [6, 6.07) is 19.7. The summed E-state index contributed by atoms with van der Waals surface area (Å²) >= 11 is 0.